The number of benzene rings is 1. The maximum absolute atomic E-state index is 5.68. The van der Waals surface area contributed by atoms with Crippen LogP contribution >= 0.6 is 0 Å². The van der Waals surface area contributed by atoms with Crippen molar-refractivity contribution in [1.82, 2.24) is 9.88 Å². The summed E-state index contributed by atoms with van der Waals surface area (Å²) in [5.74, 6) is 1.45. The molecule has 4 heteroatoms. The molecule has 0 spiro atoms. The smallest absolute Gasteiger partial charge is 0.226 e. The van der Waals surface area contributed by atoms with Gasteiger partial charge >= 0.3 is 0 Å². The van der Waals surface area contributed by atoms with Gasteiger partial charge in [0.15, 0.2) is 0 Å². The van der Waals surface area contributed by atoms with Crippen LogP contribution in [0.15, 0.2) is 41.0 Å². The van der Waals surface area contributed by atoms with Crippen molar-refractivity contribution in [2.45, 2.75) is 25.8 Å². The van der Waals surface area contributed by atoms with Crippen molar-refractivity contribution < 1.29 is 4.42 Å². The molecule has 1 aliphatic heterocycles. The number of nitrogens with two attached hydrogens (primary N) is 1. The number of oxazole rings is 1. The van der Waals surface area contributed by atoms with E-state index in [0.29, 0.717) is 5.89 Å². The zero-order valence-electron chi connectivity index (χ0n) is 12.4. The molecule has 2 aromatic rings. The molecule has 0 saturated carbocycles. The molecule has 2 heterocycles. The van der Waals surface area contributed by atoms with E-state index < -0.39 is 0 Å². The number of rotatable bonds is 5. The molecule has 1 atom stereocenters. The number of hydrogen-bond donors (Lipinski definition) is 1. The van der Waals surface area contributed by atoms with E-state index in [4.69, 9.17) is 10.2 Å². The van der Waals surface area contributed by atoms with Gasteiger partial charge in [-0.1, -0.05) is 18.2 Å². The van der Waals surface area contributed by atoms with E-state index in [1.165, 1.54) is 12.8 Å². The minimum Gasteiger partial charge on any atom is -0.444 e. The van der Waals surface area contributed by atoms with Crippen LogP contribution in [0.25, 0.3) is 11.5 Å². The highest BCUT2D eigenvalue weighted by Crippen LogP contribution is 2.22. The second kappa shape index (κ2) is 6.87. The van der Waals surface area contributed by atoms with E-state index in [2.05, 4.69) is 9.88 Å². The highest BCUT2D eigenvalue weighted by atomic mass is 16.3. The monoisotopic (exact) mass is 285 g/mol. The number of likely N-dealkylation sites (tertiary alicyclic amines) is 1. The molecule has 1 fully saturated rings. The maximum Gasteiger partial charge on any atom is 0.226 e. The van der Waals surface area contributed by atoms with Gasteiger partial charge in [0.1, 0.15) is 6.26 Å². The lowest BCUT2D eigenvalue weighted by Gasteiger charge is -2.31. The Balaban J connectivity index is 1.62. The minimum atomic E-state index is 0.709. The molecule has 1 aromatic carbocycles. The third-order valence-electron chi connectivity index (χ3n) is 4.14. The van der Waals surface area contributed by atoms with Gasteiger partial charge in [0.2, 0.25) is 5.89 Å². The topological polar surface area (TPSA) is 55.3 Å². The lowest BCUT2D eigenvalue weighted by molar-refractivity contribution is 0.161. The summed E-state index contributed by atoms with van der Waals surface area (Å²) >= 11 is 0. The van der Waals surface area contributed by atoms with Crippen molar-refractivity contribution in [3.8, 4) is 11.5 Å². The summed E-state index contributed by atoms with van der Waals surface area (Å²) in [6.07, 6.45) is 5.48. The predicted octanol–water partition coefficient (Wildman–Crippen LogP) is 2.90. The molecule has 1 aliphatic rings. The Morgan fingerprint density at radius 2 is 2.14 bits per heavy atom. The van der Waals surface area contributed by atoms with Crippen LogP contribution in [0.4, 0.5) is 0 Å². The van der Waals surface area contributed by atoms with Gasteiger partial charge in [-0.2, -0.15) is 0 Å². The zero-order chi connectivity index (χ0) is 14.5. The third-order valence-corrected chi connectivity index (χ3v) is 4.14. The molecule has 0 amide bonds. The van der Waals surface area contributed by atoms with Crippen molar-refractivity contribution in [3.63, 3.8) is 0 Å². The normalized spacial score (nSPS) is 19.8. The van der Waals surface area contributed by atoms with Crippen molar-refractivity contribution in [1.29, 1.82) is 0 Å². The highest BCUT2D eigenvalue weighted by Gasteiger charge is 2.20. The van der Waals surface area contributed by atoms with Gasteiger partial charge in [-0.25, -0.2) is 4.98 Å². The molecule has 2 N–H and O–H groups in total. The first-order chi connectivity index (χ1) is 10.3. The fraction of sp³-hybridized carbons (Fsp3) is 0.471. The van der Waals surface area contributed by atoms with Crippen molar-refractivity contribution in [2.24, 2.45) is 11.7 Å². The molecule has 1 saturated heterocycles. The first kappa shape index (κ1) is 14.3. The Kier molecular flexibility index (Phi) is 4.68. The molecule has 1 unspecified atom stereocenters. The van der Waals surface area contributed by atoms with E-state index in [1.54, 1.807) is 6.26 Å². The number of aromatic nitrogens is 1. The van der Waals surface area contributed by atoms with Gasteiger partial charge in [0.25, 0.3) is 0 Å². The van der Waals surface area contributed by atoms with Crippen LogP contribution in [-0.2, 0) is 6.54 Å². The van der Waals surface area contributed by atoms with Crippen LogP contribution in [-0.4, -0.2) is 29.5 Å². The summed E-state index contributed by atoms with van der Waals surface area (Å²) in [4.78, 5) is 7.08. The second-order valence-corrected chi connectivity index (χ2v) is 5.83. The molecule has 4 nitrogen and oxygen atoms in total. The van der Waals surface area contributed by atoms with Crippen LogP contribution < -0.4 is 5.73 Å². The number of hydrogen-bond acceptors (Lipinski definition) is 4. The summed E-state index contributed by atoms with van der Waals surface area (Å²) in [5.41, 5.74) is 7.73. The van der Waals surface area contributed by atoms with Gasteiger partial charge in [-0.3, -0.25) is 4.90 Å². The zero-order valence-corrected chi connectivity index (χ0v) is 12.4. The summed E-state index contributed by atoms with van der Waals surface area (Å²) in [7, 11) is 0. The Hall–Kier alpha value is -1.65. The van der Waals surface area contributed by atoms with E-state index >= 15 is 0 Å². The quantitative estimate of drug-likeness (QED) is 0.917. The van der Waals surface area contributed by atoms with Crippen LogP contribution in [0.3, 0.4) is 0 Å². The Labute approximate surface area is 126 Å². The molecular formula is C17H23N3O. The van der Waals surface area contributed by atoms with Gasteiger partial charge in [0.05, 0.1) is 5.69 Å². The number of piperidine rings is 1. The predicted molar refractivity (Wildman–Crippen MR) is 83.6 cm³/mol. The summed E-state index contributed by atoms with van der Waals surface area (Å²) in [6.45, 7) is 3.94. The van der Waals surface area contributed by atoms with Gasteiger partial charge in [-0.15, -0.1) is 0 Å². The second-order valence-electron chi connectivity index (χ2n) is 5.83. The van der Waals surface area contributed by atoms with Crippen molar-refractivity contribution in [2.75, 3.05) is 19.6 Å². The van der Waals surface area contributed by atoms with Crippen molar-refractivity contribution >= 4 is 0 Å². The lowest BCUT2D eigenvalue weighted by Crippen LogP contribution is -2.35. The Morgan fingerprint density at radius 1 is 1.29 bits per heavy atom. The van der Waals surface area contributed by atoms with E-state index in [9.17, 15) is 0 Å². The Morgan fingerprint density at radius 3 is 2.95 bits per heavy atom. The molecular weight excluding hydrogens is 262 g/mol. The third kappa shape index (κ3) is 3.71. The summed E-state index contributed by atoms with van der Waals surface area (Å²) in [5, 5.41) is 0. The van der Waals surface area contributed by atoms with Gasteiger partial charge < -0.3 is 10.2 Å². The summed E-state index contributed by atoms with van der Waals surface area (Å²) in [6, 6.07) is 10.0. The molecule has 1 aromatic heterocycles. The fourth-order valence-electron chi connectivity index (χ4n) is 3.09. The average molecular weight is 285 g/mol. The highest BCUT2D eigenvalue weighted by molar-refractivity contribution is 5.52. The first-order valence-electron chi connectivity index (χ1n) is 7.77. The lowest BCUT2D eigenvalue weighted by atomic mass is 9.95. The van der Waals surface area contributed by atoms with Gasteiger partial charge in [0, 0.05) is 18.7 Å². The first-order valence-corrected chi connectivity index (χ1v) is 7.77. The van der Waals surface area contributed by atoms with Crippen molar-refractivity contribution in [3.05, 3.63) is 42.3 Å². The molecule has 0 aliphatic carbocycles. The van der Waals surface area contributed by atoms with E-state index in [0.717, 1.165) is 49.8 Å². The van der Waals surface area contributed by atoms with E-state index in [1.807, 2.05) is 30.3 Å². The largest absolute Gasteiger partial charge is 0.444 e. The van der Waals surface area contributed by atoms with Crippen LogP contribution in [0.5, 0.6) is 0 Å². The fourth-order valence-corrected chi connectivity index (χ4v) is 3.09. The van der Waals surface area contributed by atoms with Crippen LogP contribution in [0.2, 0.25) is 0 Å². The standard InChI is InChI=1S/C17H23N3O/c18-9-8-14-5-4-10-20(11-14)12-16-13-21-17(19-16)15-6-2-1-3-7-15/h1-3,6-7,13-14H,4-5,8-12,18H2. The number of nitrogens with zero attached hydrogens (tertiary/aromatic N) is 2. The van der Waals surface area contributed by atoms with Crippen LogP contribution in [0, 0.1) is 5.92 Å². The molecule has 3 rings (SSSR count). The Bertz CT molecular complexity index is 550. The van der Waals surface area contributed by atoms with E-state index in [-0.39, 0.29) is 0 Å². The molecule has 112 valence electrons. The minimum absolute atomic E-state index is 0.709. The molecule has 0 bridgehead atoms. The molecule has 0 radical (unpaired) electrons. The summed E-state index contributed by atoms with van der Waals surface area (Å²) < 4.78 is 5.61. The maximum atomic E-state index is 5.68. The molecule has 21 heavy (non-hydrogen) atoms. The van der Waals surface area contributed by atoms with Crippen LogP contribution in [0.1, 0.15) is 25.0 Å². The average Bonchev–Trinajstić information content (AvgIpc) is 2.97. The SMILES string of the molecule is NCCC1CCCN(Cc2coc(-c3ccccc3)n2)C1. The van der Waals surface area contributed by atoms with Gasteiger partial charge in [-0.05, 0) is 50.4 Å².